The highest BCUT2D eigenvalue weighted by atomic mass is 16.6. The lowest BCUT2D eigenvalue weighted by Gasteiger charge is -2.23. The molecule has 0 rings (SSSR count). The van der Waals surface area contributed by atoms with E-state index in [1.165, 1.54) is 0 Å². The fourth-order valence-electron chi connectivity index (χ4n) is 7.75. The summed E-state index contributed by atoms with van der Waals surface area (Å²) in [6.07, 6.45) is 24.0. The van der Waals surface area contributed by atoms with Crippen molar-refractivity contribution in [2.45, 2.75) is 190 Å². The Kier molecular flexibility index (Phi) is 103. The van der Waals surface area contributed by atoms with Gasteiger partial charge in [0.25, 0.3) is 0 Å². The highest BCUT2D eigenvalue weighted by Crippen LogP contribution is 2.18. The summed E-state index contributed by atoms with van der Waals surface area (Å²) in [5, 5.41) is 0. The van der Waals surface area contributed by atoms with Gasteiger partial charge in [-0.05, 0) is 114 Å². The maximum Gasteiger partial charge on any atom is 0.333 e. The van der Waals surface area contributed by atoms with E-state index in [0.29, 0.717) is 108 Å². The van der Waals surface area contributed by atoms with E-state index < -0.39 is 77.0 Å². The van der Waals surface area contributed by atoms with Crippen LogP contribution in [0.25, 0.3) is 0 Å². The average Bonchev–Trinajstić information content (AvgIpc) is 0.904. The van der Waals surface area contributed by atoms with Crippen LogP contribution in [0.3, 0.4) is 0 Å². The Morgan fingerprint density at radius 2 is 0.374 bits per heavy atom. The molecule has 0 heterocycles. The van der Waals surface area contributed by atoms with Crippen LogP contribution in [0.5, 0.6) is 0 Å². The van der Waals surface area contributed by atoms with Crippen molar-refractivity contribution in [1.82, 2.24) is 0 Å². The summed E-state index contributed by atoms with van der Waals surface area (Å²) in [5.41, 5.74) is 1.15. The van der Waals surface area contributed by atoms with Gasteiger partial charge in [0.15, 0.2) is 0 Å². The molecule has 139 heavy (non-hydrogen) atoms. The number of unbranched alkanes of at least 4 members (excludes halogenated alkanes) is 10. The molecular weight excluding hydrogens is 1820 g/mol. The van der Waals surface area contributed by atoms with E-state index >= 15 is 0 Å². The second-order valence-electron chi connectivity index (χ2n) is 29.1. The quantitative estimate of drug-likeness (QED) is 0.0236. The number of hydrogen-bond acceptors (Lipinski definition) is 38. The highest BCUT2D eigenvalue weighted by Gasteiger charge is 2.24. The van der Waals surface area contributed by atoms with Crippen LogP contribution in [0.2, 0.25) is 0 Å². The monoisotopic (exact) mass is 1980 g/mol. The second-order valence-corrected chi connectivity index (χ2v) is 29.1. The number of carbonyl (C=O) groups is 16. The van der Waals surface area contributed by atoms with Gasteiger partial charge >= 0.3 is 95.5 Å². The third kappa shape index (κ3) is 114. The lowest BCUT2D eigenvalue weighted by molar-refractivity contribution is -0.149. The number of rotatable bonds is 72. The van der Waals surface area contributed by atoms with Crippen molar-refractivity contribution < 1.29 is 181 Å². The Bertz CT molecular complexity index is 3540. The van der Waals surface area contributed by atoms with Crippen molar-refractivity contribution >= 4 is 95.5 Å². The molecule has 0 aromatic rings. The van der Waals surface area contributed by atoms with Gasteiger partial charge in [0.05, 0.1) is 131 Å². The van der Waals surface area contributed by atoms with Crippen molar-refractivity contribution in [2.24, 2.45) is 5.41 Å². The molecule has 0 spiro atoms. The van der Waals surface area contributed by atoms with Gasteiger partial charge in [-0.3, -0.25) is 0 Å². The van der Waals surface area contributed by atoms with Crippen LogP contribution in [0.4, 0.5) is 0 Å². The van der Waals surface area contributed by atoms with Crippen LogP contribution >= 0.6 is 0 Å². The Hall–Kier alpha value is -12.9. The molecule has 38 nitrogen and oxygen atoms in total. The van der Waals surface area contributed by atoms with Crippen molar-refractivity contribution in [1.29, 1.82) is 0 Å². The molecule has 786 valence electrons. The maximum absolute atomic E-state index is 11.2. The zero-order valence-electron chi connectivity index (χ0n) is 83.6. The fraction of sp³-hybridized carbons (Fsp3) is 0.525. The fourth-order valence-corrected chi connectivity index (χ4v) is 7.75. The van der Waals surface area contributed by atoms with Gasteiger partial charge in [-0.2, -0.15) is 0 Å². The molecule has 5 atom stereocenters. The van der Waals surface area contributed by atoms with Crippen molar-refractivity contribution in [3.05, 3.63) is 200 Å². The van der Waals surface area contributed by atoms with E-state index in [1.807, 2.05) is 20.8 Å². The molecule has 0 amide bonds. The molecule has 38 heteroatoms. The minimum atomic E-state index is -0.494. The highest BCUT2D eigenvalue weighted by molar-refractivity contribution is 5.89. The Morgan fingerprint density at radius 3 is 0.590 bits per heavy atom. The largest absolute Gasteiger partial charge is 0.463 e. The summed E-state index contributed by atoms with van der Waals surface area (Å²) in [7, 11) is 0. The molecule has 0 aliphatic heterocycles. The van der Waals surface area contributed by atoms with Gasteiger partial charge in [-0.1, -0.05) is 151 Å². The van der Waals surface area contributed by atoms with E-state index in [2.05, 4.69) is 124 Å². The molecule has 0 saturated heterocycles. The smallest absolute Gasteiger partial charge is 0.333 e. The summed E-state index contributed by atoms with van der Waals surface area (Å²) < 4.78 is 109. The van der Waals surface area contributed by atoms with Gasteiger partial charge in [-0.25, -0.2) is 76.7 Å². The van der Waals surface area contributed by atoms with E-state index in [-0.39, 0.29) is 134 Å². The summed E-state index contributed by atoms with van der Waals surface area (Å²) in [6, 6.07) is 0. The maximum atomic E-state index is 11.2. The molecule has 0 N–H and O–H groups in total. The first-order valence-corrected chi connectivity index (χ1v) is 44.3. The molecule has 0 bridgehead atoms. The minimum Gasteiger partial charge on any atom is -0.463 e. The Morgan fingerprint density at radius 1 is 0.209 bits per heavy atom. The predicted molar refractivity (Wildman–Crippen MR) is 519 cm³/mol. The van der Waals surface area contributed by atoms with Crippen molar-refractivity contribution in [2.75, 3.05) is 152 Å². The summed E-state index contributed by atoms with van der Waals surface area (Å²) in [5.74, 6) is -7.02. The molecule has 5 unspecified atom stereocenters. The van der Waals surface area contributed by atoms with Gasteiger partial charge in [0.2, 0.25) is 0 Å². The summed E-state index contributed by atoms with van der Waals surface area (Å²) in [4.78, 5) is 173. The van der Waals surface area contributed by atoms with Gasteiger partial charge < -0.3 is 104 Å². The average molecular weight is 1980 g/mol. The summed E-state index contributed by atoms with van der Waals surface area (Å²) in [6.45, 7) is 78.6. The van der Waals surface area contributed by atoms with Crippen molar-refractivity contribution in [3.63, 3.8) is 0 Å². The van der Waals surface area contributed by atoms with Crippen LogP contribution in [0.15, 0.2) is 200 Å². The zero-order chi connectivity index (χ0) is 107. The lowest BCUT2D eigenvalue weighted by atomic mass is 9.96. The lowest BCUT2D eigenvalue weighted by Crippen LogP contribution is -2.28. The molecule has 0 aromatic heterocycles. The number of esters is 16. The van der Waals surface area contributed by atoms with Gasteiger partial charge in [0, 0.05) is 101 Å². The second kappa shape index (κ2) is 101. The third-order valence-corrected chi connectivity index (χ3v) is 15.1. The van der Waals surface area contributed by atoms with Gasteiger partial charge in [0.1, 0.15) is 51.8 Å². The Balaban J connectivity index is -0.000000236. The molecule has 0 aromatic carbocycles. The van der Waals surface area contributed by atoms with Gasteiger partial charge in [-0.15, -0.1) is 0 Å². The van der Waals surface area contributed by atoms with E-state index in [9.17, 15) is 76.7 Å². The predicted octanol–water partition coefficient (Wildman–Crippen LogP) is 13.3. The minimum absolute atomic E-state index is 0.132. The molecule has 0 aliphatic carbocycles. The van der Waals surface area contributed by atoms with Crippen LogP contribution in [-0.2, 0) is 181 Å². The molecule has 0 fully saturated rings. The molecular formula is C101H154O38. The number of carbonyl (C=O) groups excluding carboxylic acids is 16. The topological polar surface area (TPSA) is 476 Å². The van der Waals surface area contributed by atoms with Crippen molar-refractivity contribution in [3.8, 4) is 0 Å². The standard InChI is InChI=1S/C17H28O4.C15H24O6.C13H20O4.C12H18O6.C12H18O5.C12H18O4.C10H14O5.C10H14O4/c1-14(2)16(18)20-12-10-8-6-5-7-9-11-13-21-17(19)15(3)4;1-6-14(16)20-9-12(4)18-8-11(3)19-10-13(5)21-15(17)7-2;1-9(2)11(14)16-7-13(5,6)8-17-12(15)10(3)4;1-3-11(13)17-9-7-15-5-6-16-8-10-18-12(14)4-2;1-5-11(13)16-7-9(3)15-8-10(4)17-12(14)6-2;1-3-11(13)15-9-7-5-6-8-10-16-12(14)4-2;1-3-9(11)14-7-5-13-6-8-15-10(12)4-2;1-3-9(11)13-7-5-6-8-14-10(12)4-2/h1,3,5-13H2,2,4H3;6-7,11-13H,1-2,8-10H2,3-5H3;1,3,7-8H2,2,4-6H3;3-4H,1-2,5-10H2;5-6,9-10H,1-2,7-8H2,3-4H3;3-4H,1-2,5-10H2;3-4H,1-2,5-8H2;3-4H,1-2,5-8H2. The van der Waals surface area contributed by atoms with Crippen LogP contribution in [-0.4, -0.2) is 278 Å². The molecule has 0 aliphatic rings. The summed E-state index contributed by atoms with van der Waals surface area (Å²) >= 11 is 0. The third-order valence-electron chi connectivity index (χ3n) is 15.1. The number of ether oxygens (including phenoxy) is 22. The van der Waals surface area contributed by atoms with Crippen LogP contribution in [0, 0.1) is 5.41 Å². The first kappa shape index (κ1) is 142. The first-order chi connectivity index (χ1) is 65.8. The van der Waals surface area contributed by atoms with E-state index in [1.54, 1.807) is 55.4 Å². The molecule has 0 saturated carbocycles. The number of hydrogen-bond donors (Lipinski definition) is 0. The SMILES string of the molecule is C=C(C)C(=O)OCC(C)(C)COC(=O)C(=C)C.C=C(C)C(=O)OCCCCCCCCCOC(=O)C(=C)C.C=CC(=O)OCC(C)OCC(C)OC(=O)C=C.C=CC(=O)OCC(C)OCC(C)OCC(C)OC(=O)C=C.C=CC(=O)OCCCCCCOC(=O)C=C.C=CC(=O)OCCCCOC(=O)C=C.C=CC(=O)OCCOCCOC(=O)C=C.C=CC(=O)OCCOCCOCCOC(=O)C=C. The first-order valence-electron chi connectivity index (χ1n) is 44.3. The van der Waals surface area contributed by atoms with E-state index in [0.717, 1.165) is 144 Å². The van der Waals surface area contributed by atoms with E-state index in [4.69, 9.17) is 85.3 Å². The normalized spacial score (nSPS) is 10.8. The zero-order valence-corrected chi connectivity index (χ0v) is 83.6. The molecule has 0 radical (unpaired) electrons. The Labute approximate surface area is 820 Å². The van der Waals surface area contributed by atoms with Crippen LogP contribution < -0.4 is 0 Å². The van der Waals surface area contributed by atoms with Crippen LogP contribution in [0.1, 0.15) is 160 Å².